The molecule has 0 aromatic heterocycles. The van der Waals surface area contributed by atoms with Gasteiger partial charge >= 0.3 is 0 Å². The average molecular weight is 263 g/mol. The van der Waals surface area contributed by atoms with Crippen molar-refractivity contribution in [2.45, 2.75) is 50.6 Å². The topological polar surface area (TPSA) is 35.6 Å². The molecule has 1 aliphatic heterocycles. The third-order valence-electron chi connectivity index (χ3n) is 4.53. The molecule has 2 fully saturated rings. The van der Waals surface area contributed by atoms with Gasteiger partial charge in [-0.25, -0.2) is 0 Å². The van der Waals surface area contributed by atoms with Crippen LogP contribution in [0.1, 0.15) is 38.5 Å². The van der Waals surface area contributed by atoms with E-state index in [1.54, 1.807) is 0 Å². The molecule has 1 saturated heterocycles. The molecule has 4 nitrogen and oxygen atoms in total. The summed E-state index contributed by atoms with van der Waals surface area (Å²) < 4.78 is 0. The van der Waals surface area contributed by atoms with E-state index in [2.05, 4.69) is 28.2 Å². The number of carbonyl (C=O) groups is 1. The molecule has 1 N–H and O–H groups in total. The summed E-state index contributed by atoms with van der Waals surface area (Å²) in [6.45, 7) is 2.62. The Kier molecular flexibility index (Phi) is 3.89. The van der Waals surface area contributed by atoms with Gasteiger partial charge in [-0.05, 0) is 45.6 Å². The van der Waals surface area contributed by atoms with Crippen LogP contribution in [0.3, 0.4) is 0 Å². The first-order valence-electron chi connectivity index (χ1n) is 7.68. The lowest BCUT2D eigenvalue weighted by atomic mass is 10.0. The van der Waals surface area contributed by atoms with Crippen molar-refractivity contribution in [1.29, 1.82) is 0 Å². The van der Waals surface area contributed by atoms with Crippen molar-refractivity contribution in [3.8, 4) is 0 Å². The fourth-order valence-electron chi connectivity index (χ4n) is 2.97. The fraction of sp³-hybridized carbons (Fsp3) is 0.800. The summed E-state index contributed by atoms with van der Waals surface area (Å²) in [6, 6.07) is 1.05. The maximum Gasteiger partial charge on any atom is 0.241 e. The summed E-state index contributed by atoms with van der Waals surface area (Å²) in [6.07, 6.45) is 9.44. The highest BCUT2D eigenvalue weighted by Crippen LogP contribution is 2.33. The Labute approximate surface area is 115 Å². The third kappa shape index (κ3) is 3.00. The van der Waals surface area contributed by atoms with Gasteiger partial charge in [0.15, 0.2) is 0 Å². The molecule has 2 aliphatic carbocycles. The van der Waals surface area contributed by atoms with Gasteiger partial charge in [-0.15, -0.1) is 0 Å². The third-order valence-corrected chi connectivity index (χ3v) is 4.53. The number of hydrogen-bond acceptors (Lipinski definition) is 3. The molecule has 0 atom stereocenters. The van der Waals surface area contributed by atoms with E-state index in [0.29, 0.717) is 24.5 Å². The maximum atomic E-state index is 12.6. The number of amides is 1. The van der Waals surface area contributed by atoms with Crippen LogP contribution in [-0.2, 0) is 4.79 Å². The van der Waals surface area contributed by atoms with E-state index in [-0.39, 0.29) is 0 Å². The summed E-state index contributed by atoms with van der Waals surface area (Å²) in [7, 11) is 2.07. The molecule has 1 amide bonds. The first-order valence-corrected chi connectivity index (χ1v) is 7.68. The van der Waals surface area contributed by atoms with Crippen molar-refractivity contribution in [2.75, 3.05) is 26.7 Å². The number of allylic oxidation sites excluding steroid dienone is 2. The molecule has 106 valence electrons. The van der Waals surface area contributed by atoms with Gasteiger partial charge in [-0.3, -0.25) is 9.69 Å². The van der Waals surface area contributed by atoms with E-state index in [9.17, 15) is 4.79 Å². The minimum atomic E-state index is 0.310. The van der Waals surface area contributed by atoms with E-state index in [0.717, 1.165) is 25.9 Å². The minimum absolute atomic E-state index is 0.310. The Hall–Kier alpha value is -0.870. The zero-order chi connectivity index (χ0) is 13.2. The van der Waals surface area contributed by atoms with Crippen LogP contribution in [0.4, 0.5) is 0 Å². The highest BCUT2D eigenvalue weighted by atomic mass is 16.2. The number of hydrogen-bond donors (Lipinski definition) is 1. The van der Waals surface area contributed by atoms with E-state index < -0.39 is 0 Å². The molecule has 1 saturated carbocycles. The zero-order valence-corrected chi connectivity index (χ0v) is 11.9. The standard InChI is InChI=1S/C15H25N3O/c1-17(14-9-16-10-14)11-15(19)18(13-7-8-13)12-5-3-2-4-6-12/h5,13-14,16H,2-4,6-11H2,1H3. The Morgan fingerprint density at radius 1 is 1.32 bits per heavy atom. The van der Waals surface area contributed by atoms with Crippen LogP contribution >= 0.6 is 0 Å². The molecule has 1 heterocycles. The number of rotatable bonds is 5. The average Bonchev–Trinajstić information content (AvgIpc) is 3.12. The Morgan fingerprint density at radius 2 is 2.11 bits per heavy atom. The highest BCUT2D eigenvalue weighted by Gasteiger charge is 2.36. The van der Waals surface area contributed by atoms with Gasteiger partial charge in [0.2, 0.25) is 5.91 Å². The Morgan fingerprint density at radius 3 is 2.63 bits per heavy atom. The summed E-state index contributed by atoms with van der Waals surface area (Å²) >= 11 is 0. The molecule has 0 bridgehead atoms. The summed E-state index contributed by atoms with van der Waals surface area (Å²) in [5.74, 6) is 0.310. The molecule has 3 aliphatic rings. The van der Waals surface area contributed by atoms with E-state index in [1.807, 2.05) is 0 Å². The molecule has 0 unspecified atom stereocenters. The number of nitrogens with one attached hydrogen (secondary N) is 1. The van der Waals surface area contributed by atoms with Crippen LogP contribution in [0.5, 0.6) is 0 Å². The normalized spacial score (nSPS) is 24.0. The molecule has 0 spiro atoms. The summed E-state index contributed by atoms with van der Waals surface area (Å²) in [5, 5.41) is 3.27. The van der Waals surface area contributed by atoms with Crippen molar-refractivity contribution >= 4 is 5.91 Å². The van der Waals surface area contributed by atoms with E-state index >= 15 is 0 Å². The molecule has 19 heavy (non-hydrogen) atoms. The predicted octanol–water partition coefficient (Wildman–Crippen LogP) is 1.34. The smallest absolute Gasteiger partial charge is 0.241 e. The predicted molar refractivity (Wildman–Crippen MR) is 75.7 cm³/mol. The lowest BCUT2D eigenvalue weighted by Gasteiger charge is -2.37. The number of carbonyl (C=O) groups excluding carboxylic acids is 1. The van der Waals surface area contributed by atoms with E-state index in [1.165, 1.54) is 31.4 Å². The molecule has 0 aromatic carbocycles. The van der Waals surface area contributed by atoms with Crippen LogP contribution in [0, 0.1) is 0 Å². The van der Waals surface area contributed by atoms with Crippen molar-refractivity contribution in [3.05, 3.63) is 11.8 Å². The maximum absolute atomic E-state index is 12.6. The molecular formula is C15H25N3O. The van der Waals surface area contributed by atoms with Crippen LogP contribution in [0.25, 0.3) is 0 Å². The van der Waals surface area contributed by atoms with Crippen LogP contribution in [0.15, 0.2) is 11.8 Å². The van der Waals surface area contributed by atoms with Gasteiger partial charge < -0.3 is 10.2 Å². The minimum Gasteiger partial charge on any atom is -0.314 e. The second-order valence-corrected chi connectivity index (χ2v) is 6.16. The van der Waals surface area contributed by atoms with Gasteiger partial charge in [-0.1, -0.05) is 6.08 Å². The van der Waals surface area contributed by atoms with Crippen molar-refractivity contribution in [3.63, 3.8) is 0 Å². The number of likely N-dealkylation sites (N-methyl/N-ethyl adjacent to an activating group) is 1. The van der Waals surface area contributed by atoms with Gasteiger partial charge in [0.25, 0.3) is 0 Å². The monoisotopic (exact) mass is 263 g/mol. The second kappa shape index (κ2) is 5.63. The summed E-state index contributed by atoms with van der Waals surface area (Å²) in [5.41, 5.74) is 1.30. The quantitative estimate of drug-likeness (QED) is 0.813. The molecular weight excluding hydrogens is 238 g/mol. The summed E-state index contributed by atoms with van der Waals surface area (Å²) in [4.78, 5) is 16.9. The molecule has 3 rings (SSSR count). The van der Waals surface area contributed by atoms with Crippen LogP contribution < -0.4 is 5.32 Å². The fourth-order valence-corrected chi connectivity index (χ4v) is 2.97. The van der Waals surface area contributed by atoms with Gasteiger partial charge in [0.1, 0.15) is 0 Å². The molecule has 0 radical (unpaired) electrons. The highest BCUT2D eigenvalue weighted by molar-refractivity contribution is 5.80. The van der Waals surface area contributed by atoms with Gasteiger partial charge in [0, 0.05) is 30.9 Å². The van der Waals surface area contributed by atoms with Crippen molar-refractivity contribution in [2.24, 2.45) is 0 Å². The van der Waals surface area contributed by atoms with Crippen LogP contribution in [-0.4, -0.2) is 54.5 Å². The SMILES string of the molecule is CN(CC(=O)N(C1=CCCCC1)C1CC1)C1CNC1. The lowest BCUT2D eigenvalue weighted by Crippen LogP contribution is -2.57. The van der Waals surface area contributed by atoms with E-state index in [4.69, 9.17) is 0 Å². The van der Waals surface area contributed by atoms with Gasteiger partial charge in [-0.2, -0.15) is 0 Å². The first kappa shape index (κ1) is 13.1. The zero-order valence-electron chi connectivity index (χ0n) is 11.9. The largest absolute Gasteiger partial charge is 0.314 e. The van der Waals surface area contributed by atoms with Crippen molar-refractivity contribution in [1.82, 2.24) is 15.1 Å². The van der Waals surface area contributed by atoms with Crippen LogP contribution in [0.2, 0.25) is 0 Å². The second-order valence-electron chi connectivity index (χ2n) is 6.16. The molecule has 4 heteroatoms. The molecule has 0 aromatic rings. The van der Waals surface area contributed by atoms with Gasteiger partial charge in [0.05, 0.1) is 6.54 Å². The Balaban J connectivity index is 1.62. The Bertz CT molecular complexity index is 372. The number of nitrogens with zero attached hydrogens (tertiary/aromatic N) is 2. The van der Waals surface area contributed by atoms with Crippen molar-refractivity contribution < 1.29 is 4.79 Å². The lowest BCUT2D eigenvalue weighted by molar-refractivity contribution is -0.131. The first-order chi connectivity index (χ1) is 9.25.